The Morgan fingerprint density at radius 3 is 2.58 bits per heavy atom. The Bertz CT molecular complexity index is 398. The van der Waals surface area contributed by atoms with E-state index < -0.39 is 0 Å². The molecule has 3 heteroatoms. The van der Waals surface area contributed by atoms with Crippen LogP contribution >= 0.6 is 15.9 Å². The number of nitrogens with one attached hydrogen (secondary N) is 1. The number of halogens is 1. The van der Waals surface area contributed by atoms with Crippen molar-refractivity contribution >= 4 is 15.9 Å². The Balaban J connectivity index is 2.66. The topological polar surface area (TPSA) is 21.3 Å². The Labute approximate surface area is 126 Å². The van der Waals surface area contributed by atoms with Crippen molar-refractivity contribution in [2.24, 2.45) is 5.92 Å². The van der Waals surface area contributed by atoms with Gasteiger partial charge < -0.3 is 10.1 Å². The fourth-order valence-corrected chi connectivity index (χ4v) is 1.88. The van der Waals surface area contributed by atoms with Crippen LogP contribution in [-0.4, -0.2) is 12.1 Å². The van der Waals surface area contributed by atoms with Crippen LogP contribution in [0.3, 0.4) is 0 Å². The van der Waals surface area contributed by atoms with Crippen molar-refractivity contribution in [2.45, 2.75) is 53.1 Å². The SMILES string of the molecule is CCC(C)COc1ccc(Br)c(CNC(C)(C)C)c1. The number of benzene rings is 1. The van der Waals surface area contributed by atoms with E-state index in [0.717, 1.165) is 29.8 Å². The van der Waals surface area contributed by atoms with E-state index in [1.807, 2.05) is 6.07 Å². The molecule has 0 radical (unpaired) electrons. The third-order valence-electron chi connectivity index (χ3n) is 3.06. The summed E-state index contributed by atoms with van der Waals surface area (Å²) >= 11 is 3.60. The van der Waals surface area contributed by atoms with Gasteiger partial charge in [-0.25, -0.2) is 0 Å². The fraction of sp³-hybridized carbons (Fsp3) is 0.625. The maximum atomic E-state index is 5.84. The zero-order valence-electron chi connectivity index (χ0n) is 12.7. The van der Waals surface area contributed by atoms with Gasteiger partial charge in [-0.15, -0.1) is 0 Å². The minimum absolute atomic E-state index is 0.118. The zero-order valence-corrected chi connectivity index (χ0v) is 14.3. The third kappa shape index (κ3) is 6.44. The van der Waals surface area contributed by atoms with Gasteiger partial charge in [0.25, 0.3) is 0 Å². The summed E-state index contributed by atoms with van der Waals surface area (Å²) in [4.78, 5) is 0. The predicted octanol–water partition coefficient (Wildman–Crippen LogP) is 4.76. The van der Waals surface area contributed by atoms with Crippen LogP contribution in [0.5, 0.6) is 5.75 Å². The van der Waals surface area contributed by atoms with Crippen LogP contribution in [0.25, 0.3) is 0 Å². The van der Waals surface area contributed by atoms with Crippen molar-refractivity contribution in [3.05, 3.63) is 28.2 Å². The van der Waals surface area contributed by atoms with Gasteiger partial charge in [0.2, 0.25) is 0 Å². The molecule has 0 saturated heterocycles. The highest BCUT2D eigenvalue weighted by Crippen LogP contribution is 2.23. The van der Waals surface area contributed by atoms with Gasteiger partial charge in [0.15, 0.2) is 0 Å². The number of hydrogen-bond acceptors (Lipinski definition) is 2. The summed E-state index contributed by atoms with van der Waals surface area (Å²) in [6, 6.07) is 6.20. The zero-order chi connectivity index (χ0) is 14.5. The number of hydrogen-bond donors (Lipinski definition) is 1. The molecule has 0 saturated carbocycles. The first-order valence-corrected chi connectivity index (χ1v) is 7.77. The lowest BCUT2D eigenvalue weighted by Gasteiger charge is -2.21. The summed E-state index contributed by atoms with van der Waals surface area (Å²) in [6.45, 7) is 12.5. The van der Waals surface area contributed by atoms with Gasteiger partial charge in [-0.05, 0) is 50.5 Å². The van der Waals surface area contributed by atoms with E-state index in [9.17, 15) is 0 Å². The Kier molecular flexibility index (Phi) is 6.34. The molecule has 0 bridgehead atoms. The molecule has 0 aliphatic rings. The summed E-state index contributed by atoms with van der Waals surface area (Å²) in [5, 5.41) is 3.50. The first kappa shape index (κ1) is 16.5. The molecule has 0 aromatic heterocycles. The Morgan fingerprint density at radius 2 is 2.00 bits per heavy atom. The molecule has 0 aliphatic carbocycles. The minimum atomic E-state index is 0.118. The van der Waals surface area contributed by atoms with E-state index in [2.05, 4.69) is 68.0 Å². The molecule has 1 aromatic carbocycles. The van der Waals surface area contributed by atoms with Crippen molar-refractivity contribution in [3.8, 4) is 5.75 Å². The van der Waals surface area contributed by atoms with Gasteiger partial charge in [0, 0.05) is 16.6 Å². The molecule has 1 unspecified atom stereocenters. The van der Waals surface area contributed by atoms with Crippen LogP contribution in [0, 0.1) is 5.92 Å². The van der Waals surface area contributed by atoms with E-state index in [1.165, 1.54) is 5.56 Å². The summed E-state index contributed by atoms with van der Waals surface area (Å²) in [5.74, 6) is 1.55. The smallest absolute Gasteiger partial charge is 0.119 e. The molecule has 1 atom stereocenters. The predicted molar refractivity (Wildman–Crippen MR) is 85.7 cm³/mol. The molecule has 1 aromatic rings. The van der Waals surface area contributed by atoms with Crippen molar-refractivity contribution in [2.75, 3.05) is 6.61 Å². The maximum absolute atomic E-state index is 5.84. The summed E-state index contributed by atoms with van der Waals surface area (Å²) in [6.07, 6.45) is 1.15. The lowest BCUT2D eigenvalue weighted by atomic mass is 10.1. The highest BCUT2D eigenvalue weighted by Gasteiger charge is 2.10. The molecule has 0 aliphatic heterocycles. The summed E-state index contributed by atoms with van der Waals surface area (Å²) in [7, 11) is 0. The normalized spacial score (nSPS) is 13.4. The van der Waals surface area contributed by atoms with E-state index in [1.54, 1.807) is 0 Å². The van der Waals surface area contributed by atoms with Crippen molar-refractivity contribution in [3.63, 3.8) is 0 Å². The molecule has 1 N–H and O–H groups in total. The molecule has 108 valence electrons. The fourth-order valence-electron chi connectivity index (χ4n) is 1.49. The number of ether oxygens (including phenoxy) is 1. The van der Waals surface area contributed by atoms with Crippen LogP contribution in [0.4, 0.5) is 0 Å². The van der Waals surface area contributed by atoms with E-state index >= 15 is 0 Å². The van der Waals surface area contributed by atoms with Gasteiger partial charge in [-0.1, -0.05) is 36.2 Å². The second-order valence-electron chi connectivity index (χ2n) is 6.18. The molecular formula is C16H26BrNO. The van der Waals surface area contributed by atoms with E-state index in [-0.39, 0.29) is 5.54 Å². The maximum Gasteiger partial charge on any atom is 0.119 e. The standard InChI is InChI=1S/C16H26BrNO/c1-6-12(2)11-19-14-7-8-15(17)13(9-14)10-18-16(3,4)5/h7-9,12,18H,6,10-11H2,1-5H3. The van der Waals surface area contributed by atoms with Gasteiger partial charge in [-0.3, -0.25) is 0 Å². The number of rotatable bonds is 6. The Hall–Kier alpha value is -0.540. The van der Waals surface area contributed by atoms with Crippen molar-refractivity contribution in [1.29, 1.82) is 0 Å². The largest absolute Gasteiger partial charge is 0.493 e. The highest BCUT2D eigenvalue weighted by molar-refractivity contribution is 9.10. The molecule has 19 heavy (non-hydrogen) atoms. The second-order valence-corrected chi connectivity index (χ2v) is 7.04. The first-order valence-electron chi connectivity index (χ1n) is 6.98. The van der Waals surface area contributed by atoms with Crippen LogP contribution in [0.15, 0.2) is 22.7 Å². The van der Waals surface area contributed by atoms with Gasteiger partial charge in [0.1, 0.15) is 5.75 Å². The van der Waals surface area contributed by atoms with Gasteiger partial charge in [-0.2, -0.15) is 0 Å². The lowest BCUT2D eigenvalue weighted by Crippen LogP contribution is -2.35. The van der Waals surface area contributed by atoms with Gasteiger partial charge in [0.05, 0.1) is 6.61 Å². The first-order chi connectivity index (χ1) is 8.81. The summed E-state index contributed by atoms with van der Waals surface area (Å²) < 4.78 is 6.96. The van der Waals surface area contributed by atoms with Crippen LogP contribution in [0.1, 0.15) is 46.6 Å². The highest BCUT2D eigenvalue weighted by atomic mass is 79.9. The van der Waals surface area contributed by atoms with Crippen molar-refractivity contribution < 1.29 is 4.74 Å². The summed E-state index contributed by atoms with van der Waals surface area (Å²) in [5.41, 5.74) is 1.35. The molecule has 2 nitrogen and oxygen atoms in total. The molecule has 0 fully saturated rings. The average molecular weight is 328 g/mol. The van der Waals surface area contributed by atoms with Crippen molar-refractivity contribution in [1.82, 2.24) is 5.32 Å². The third-order valence-corrected chi connectivity index (χ3v) is 3.83. The molecule has 1 rings (SSSR count). The lowest BCUT2D eigenvalue weighted by molar-refractivity contribution is 0.256. The van der Waals surface area contributed by atoms with Gasteiger partial charge >= 0.3 is 0 Å². The molecular weight excluding hydrogens is 302 g/mol. The second kappa shape index (κ2) is 7.30. The molecule has 0 amide bonds. The van der Waals surface area contributed by atoms with Crippen LogP contribution in [-0.2, 0) is 6.54 Å². The quantitative estimate of drug-likeness (QED) is 0.813. The van der Waals surface area contributed by atoms with E-state index in [0.29, 0.717) is 5.92 Å². The minimum Gasteiger partial charge on any atom is -0.493 e. The monoisotopic (exact) mass is 327 g/mol. The van der Waals surface area contributed by atoms with Crippen LogP contribution in [0.2, 0.25) is 0 Å². The van der Waals surface area contributed by atoms with E-state index in [4.69, 9.17) is 4.74 Å². The Morgan fingerprint density at radius 1 is 1.32 bits per heavy atom. The van der Waals surface area contributed by atoms with Crippen LogP contribution < -0.4 is 10.1 Å². The molecule has 0 heterocycles. The average Bonchev–Trinajstić information content (AvgIpc) is 2.34. The molecule has 0 spiro atoms.